The second-order valence-electron chi connectivity index (χ2n) is 6.86. The number of hydrazine groups is 1. The smallest absolute Gasteiger partial charge is 0.238 e. The molecular formula is C18H28N4O2. The molecule has 2 fully saturated rings. The van der Waals surface area contributed by atoms with E-state index >= 15 is 0 Å². The zero-order valence-corrected chi connectivity index (χ0v) is 14.5. The average molecular weight is 332 g/mol. The van der Waals surface area contributed by atoms with Gasteiger partial charge in [0.05, 0.1) is 13.2 Å². The second-order valence-corrected chi connectivity index (χ2v) is 6.86. The van der Waals surface area contributed by atoms with E-state index in [1.165, 1.54) is 11.1 Å². The van der Waals surface area contributed by atoms with Crippen molar-refractivity contribution in [2.24, 2.45) is 0 Å². The third-order valence-electron chi connectivity index (χ3n) is 4.72. The first-order valence-corrected chi connectivity index (χ1v) is 8.80. The van der Waals surface area contributed by atoms with Crippen molar-refractivity contribution in [1.82, 2.24) is 21.1 Å². The van der Waals surface area contributed by atoms with Gasteiger partial charge in [-0.2, -0.15) is 0 Å². The zero-order chi connectivity index (χ0) is 16.9. The highest BCUT2D eigenvalue weighted by Gasteiger charge is 2.30. The van der Waals surface area contributed by atoms with E-state index in [-0.39, 0.29) is 24.0 Å². The molecule has 0 aliphatic carbocycles. The largest absolute Gasteiger partial charge is 0.379 e. The van der Waals surface area contributed by atoms with Gasteiger partial charge in [0, 0.05) is 31.7 Å². The highest BCUT2D eigenvalue weighted by atomic mass is 16.5. The van der Waals surface area contributed by atoms with Crippen molar-refractivity contribution in [2.45, 2.75) is 38.4 Å². The number of nitrogens with zero attached hydrogens (tertiary/aromatic N) is 1. The first-order valence-electron chi connectivity index (χ1n) is 8.80. The van der Waals surface area contributed by atoms with E-state index in [2.05, 4.69) is 59.2 Å². The van der Waals surface area contributed by atoms with Crippen LogP contribution in [0.3, 0.4) is 0 Å². The number of nitrogens with one attached hydrogen (secondary N) is 3. The topological polar surface area (TPSA) is 65.6 Å². The van der Waals surface area contributed by atoms with E-state index in [9.17, 15) is 4.79 Å². The van der Waals surface area contributed by atoms with Crippen LogP contribution >= 0.6 is 0 Å². The van der Waals surface area contributed by atoms with Crippen LogP contribution in [0, 0.1) is 6.92 Å². The van der Waals surface area contributed by atoms with Crippen molar-refractivity contribution in [2.75, 3.05) is 32.8 Å². The Balaban J connectivity index is 1.46. The summed E-state index contributed by atoms with van der Waals surface area (Å²) in [6, 6.07) is 8.57. The Morgan fingerprint density at radius 3 is 2.71 bits per heavy atom. The van der Waals surface area contributed by atoms with Crippen LogP contribution in [0.25, 0.3) is 0 Å². The van der Waals surface area contributed by atoms with Gasteiger partial charge in [-0.25, -0.2) is 10.9 Å². The quantitative estimate of drug-likeness (QED) is 0.742. The molecule has 0 bridgehead atoms. The van der Waals surface area contributed by atoms with Gasteiger partial charge < -0.3 is 10.1 Å². The fourth-order valence-corrected chi connectivity index (χ4v) is 3.31. The summed E-state index contributed by atoms with van der Waals surface area (Å²) in [5, 5.41) is 3.13. The molecule has 2 saturated heterocycles. The van der Waals surface area contributed by atoms with E-state index in [0.717, 1.165) is 39.3 Å². The maximum Gasteiger partial charge on any atom is 0.238 e. The van der Waals surface area contributed by atoms with Gasteiger partial charge in [-0.05, 0) is 25.8 Å². The third-order valence-corrected chi connectivity index (χ3v) is 4.72. The predicted octanol–water partition coefficient (Wildman–Crippen LogP) is 0.740. The number of morpholine rings is 1. The van der Waals surface area contributed by atoms with Gasteiger partial charge in [-0.3, -0.25) is 9.69 Å². The molecule has 6 nitrogen and oxygen atoms in total. The number of carbonyl (C=O) groups excluding carboxylic acids is 1. The lowest BCUT2D eigenvalue weighted by molar-refractivity contribution is -0.123. The van der Waals surface area contributed by atoms with Crippen LogP contribution in [0.2, 0.25) is 0 Å². The molecule has 3 atom stereocenters. The molecule has 0 spiro atoms. The number of hydrogen-bond donors (Lipinski definition) is 3. The third kappa shape index (κ3) is 4.54. The standard InChI is InChI=1S/C18H28N4O2/c1-13-3-5-15(6-4-13)16-11-17(21-20-16)18(23)19-14(2)12-22-7-9-24-10-8-22/h3-6,14,16-17,20-21H,7-12H2,1-2H3,(H,19,23). The average Bonchev–Trinajstić information content (AvgIpc) is 3.06. The first-order chi connectivity index (χ1) is 11.6. The van der Waals surface area contributed by atoms with E-state index in [0.29, 0.717) is 0 Å². The first kappa shape index (κ1) is 17.4. The fourth-order valence-electron chi connectivity index (χ4n) is 3.31. The van der Waals surface area contributed by atoms with Crippen molar-refractivity contribution in [1.29, 1.82) is 0 Å². The van der Waals surface area contributed by atoms with Crippen LogP contribution in [0.4, 0.5) is 0 Å². The van der Waals surface area contributed by atoms with Gasteiger partial charge in [-0.1, -0.05) is 29.8 Å². The Kier molecular flexibility index (Phi) is 5.84. The molecule has 2 aliphatic heterocycles. The van der Waals surface area contributed by atoms with E-state index in [4.69, 9.17) is 4.74 Å². The van der Waals surface area contributed by atoms with Gasteiger partial charge in [0.25, 0.3) is 0 Å². The summed E-state index contributed by atoms with van der Waals surface area (Å²) in [4.78, 5) is 14.8. The van der Waals surface area contributed by atoms with Crippen LogP contribution in [-0.4, -0.2) is 55.7 Å². The normalized spacial score (nSPS) is 26.2. The Hall–Kier alpha value is -1.47. The highest BCUT2D eigenvalue weighted by Crippen LogP contribution is 2.22. The highest BCUT2D eigenvalue weighted by molar-refractivity contribution is 5.82. The van der Waals surface area contributed by atoms with Crippen LogP contribution in [0.5, 0.6) is 0 Å². The molecule has 2 heterocycles. The monoisotopic (exact) mass is 332 g/mol. The molecule has 1 aromatic carbocycles. The summed E-state index contributed by atoms with van der Waals surface area (Å²) in [5.74, 6) is 0.0675. The number of carbonyl (C=O) groups is 1. The maximum absolute atomic E-state index is 12.5. The fraction of sp³-hybridized carbons (Fsp3) is 0.611. The van der Waals surface area contributed by atoms with E-state index in [1.807, 2.05) is 0 Å². The zero-order valence-electron chi connectivity index (χ0n) is 14.5. The van der Waals surface area contributed by atoms with Crippen molar-refractivity contribution < 1.29 is 9.53 Å². The molecule has 132 valence electrons. The minimum Gasteiger partial charge on any atom is -0.379 e. The number of amides is 1. The summed E-state index contributed by atoms with van der Waals surface area (Å²) >= 11 is 0. The Morgan fingerprint density at radius 1 is 1.29 bits per heavy atom. The number of rotatable bonds is 5. The summed E-state index contributed by atoms with van der Waals surface area (Å²) in [7, 11) is 0. The van der Waals surface area contributed by atoms with Gasteiger partial charge in [0.2, 0.25) is 5.91 Å². The number of aryl methyl sites for hydroxylation is 1. The van der Waals surface area contributed by atoms with Gasteiger partial charge in [0.15, 0.2) is 0 Å². The molecule has 0 saturated carbocycles. The van der Waals surface area contributed by atoms with Crippen molar-refractivity contribution >= 4 is 5.91 Å². The minimum absolute atomic E-state index is 0.0675. The molecular weight excluding hydrogens is 304 g/mol. The Labute approximate surface area is 143 Å². The summed E-state index contributed by atoms with van der Waals surface area (Å²) in [6.45, 7) is 8.47. The molecule has 2 aliphatic rings. The lowest BCUT2D eigenvalue weighted by Gasteiger charge is -2.29. The van der Waals surface area contributed by atoms with Gasteiger partial charge in [-0.15, -0.1) is 0 Å². The molecule has 3 unspecified atom stereocenters. The number of ether oxygens (including phenoxy) is 1. The van der Waals surface area contributed by atoms with Crippen LogP contribution in [0.1, 0.15) is 30.5 Å². The molecule has 6 heteroatoms. The van der Waals surface area contributed by atoms with E-state index < -0.39 is 0 Å². The predicted molar refractivity (Wildman–Crippen MR) is 93.5 cm³/mol. The molecule has 0 aromatic heterocycles. The molecule has 0 radical (unpaired) electrons. The summed E-state index contributed by atoms with van der Waals surface area (Å²) < 4.78 is 5.36. The van der Waals surface area contributed by atoms with Crippen LogP contribution in [-0.2, 0) is 9.53 Å². The van der Waals surface area contributed by atoms with Crippen LogP contribution < -0.4 is 16.2 Å². The number of hydrogen-bond acceptors (Lipinski definition) is 5. The van der Waals surface area contributed by atoms with Gasteiger partial charge in [0.1, 0.15) is 6.04 Å². The van der Waals surface area contributed by atoms with Crippen molar-refractivity contribution in [3.05, 3.63) is 35.4 Å². The van der Waals surface area contributed by atoms with Crippen molar-refractivity contribution in [3.63, 3.8) is 0 Å². The lowest BCUT2D eigenvalue weighted by atomic mass is 10.0. The SMILES string of the molecule is Cc1ccc(C2CC(C(=O)NC(C)CN3CCOCC3)NN2)cc1. The maximum atomic E-state index is 12.5. The lowest BCUT2D eigenvalue weighted by Crippen LogP contribution is -2.50. The number of benzene rings is 1. The molecule has 1 aromatic rings. The molecule has 3 N–H and O–H groups in total. The summed E-state index contributed by atoms with van der Waals surface area (Å²) in [5.41, 5.74) is 8.83. The van der Waals surface area contributed by atoms with E-state index in [1.54, 1.807) is 0 Å². The van der Waals surface area contributed by atoms with Crippen LogP contribution in [0.15, 0.2) is 24.3 Å². The van der Waals surface area contributed by atoms with Crippen molar-refractivity contribution in [3.8, 4) is 0 Å². The second kappa shape index (κ2) is 8.07. The molecule has 24 heavy (non-hydrogen) atoms. The molecule has 3 rings (SSSR count). The van der Waals surface area contributed by atoms with Gasteiger partial charge >= 0.3 is 0 Å². The molecule has 1 amide bonds. The Bertz CT molecular complexity index is 542. The Morgan fingerprint density at radius 2 is 2.00 bits per heavy atom. The summed E-state index contributed by atoms with van der Waals surface area (Å²) in [6.07, 6.45) is 0.763. The minimum atomic E-state index is -0.191.